The van der Waals surface area contributed by atoms with Crippen LogP contribution in [0.5, 0.6) is 0 Å². The number of nitrogens with one attached hydrogen (secondary N) is 1. The van der Waals surface area contributed by atoms with Gasteiger partial charge < -0.3 is 10.1 Å². The lowest BCUT2D eigenvalue weighted by Gasteiger charge is -2.48. The number of hydrogen-bond donors (Lipinski definition) is 1. The third kappa shape index (κ3) is 3.37. The van der Waals surface area contributed by atoms with E-state index in [2.05, 4.69) is 5.32 Å². The van der Waals surface area contributed by atoms with Crippen molar-refractivity contribution in [2.45, 2.75) is 56.0 Å². The number of benzene rings is 1. The van der Waals surface area contributed by atoms with Crippen LogP contribution in [0.4, 0.5) is 0 Å². The van der Waals surface area contributed by atoms with Crippen molar-refractivity contribution in [3.63, 3.8) is 0 Å². The standard InChI is InChI=1S/C19H28N2O3S/c22-25(23,21-11-13-24-14-12-21)17-5-3-16(4-6-17)15-20-18-7-10-19(18)8-1-2-9-19/h3-6,18,20H,1-2,7-15H2. The first-order valence-electron chi connectivity index (χ1n) is 9.50. The summed E-state index contributed by atoms with van der Waals surface area (Å²) >= 11 is 0. The van der Waals surface area contributed by atoms with Crippen molar-refractivity contribution >= 4 is 10.0 Å². The molecule has 6 heteroatoms. The van der Waals surface area contributed by atoms with Crippen LogP contribution in [0.15, 0.2) is 29.2 Å². The molecule has 138 valence electrons. The molecule has 1 aromatic rings. The molecule has 0 bridgehead atoms. The second-order valence-electron chi connectivity index (χ2n) is 7.70. The van der Waals surface area contributed by atoms with Crippen LogP contribution in [0.2, 0.25) is 0 Å². The van der Waals surface area contributed by atoms with Crippen LogP contribution < -0.4 is 5.32 Å². The summed E-state index contributed by atoms with van der Waals surface area (Å²) < 4.78 is 32.1. The minimum atomic E-state index is -3.39. The Labute approximate surface area is 150 Å². The van der Waals surface area contributed by atoms with Gasteiger partial charge in [0.05, 0.1) is 18.1 Å². The monoisotopic (exact) mass is 364 g/mol. The summed E-state index contributed by atoms with van der Waals surface area (Å²) in [7, 11) is -3.39. The lowest BCUT2D eigenvalue weighted by molar-refractivity contribution is 0.0717. The first-order valence-corrected chi connectivity index (χ1v) is 10.9. The molecule has 0 radical (unpaired) electrons. The third-order valence-electron chi connectivity index (χ3n) is 6.35. The molecule has 0 aromatic heterocycles. The summed E-state index contributed by atoms with van der Waals surface area (Å²) in [5.41, 5.74) is 1.72. The second-order valence-corrected chi connectivity index (χ2v) is 9.64. The van der Waals surface area contributed by atoms with E-state index in [1.54, 1.807) is 12.1 Å². The zero-order chi connectivity index (χ0) is 17.3. The van der Waals surface area contributed by atoms with E-state index in [1.807, 2.05) is 12.1 Å². The number of sulfonamides is 1. The highest BCUT2D eigenvalue weighted by molar-refractivity contribution is 7.89. The van der Waals surface area contributed by atoms with Crippen LogP contribution in [0.25, 0.3) is 0 Å². The molecule has 1 atom stereocenters. The average Bonchev–Trinajstić information content (AvgIpc) is 3.15. The third-order valence-corrected chi connectivity index (χ3v) is 8.27. The molecule has 0 amide bonds. The van der Waals surface area contributed by atoms with Gasteiger partial charge in [0.1, 0.15) is 0 Å². The largest absolute Gasteiger partial charge is 0.379 e. The number of rotatable bonds is 5. The molecule has 2 saturated carbocycles. The molecule has 5 nitrogen and oxygen atoms in total. The fourth-order valence-corrected chi connectivity index (χ4v) is 6.06. The molecule has 1 aromatic carbocycles. The fourth-order valence-electron chi connectivity index (χ4n) is 4.65. The lowest BCUT2D eigenvalue weighted by atomic mass is 9.63. The topological polar surface area (TPSA) is 58.6 Å². The van der Waals surface area contributed by atoms with E-state index in [9.17, 15) is 8.42 Å². The molecule has 1 saturated heterocycles. The number of morpholine rings is 1. The summed E-state index contributed by atoms with van der Waals surface area (Å²) in [4.78, 5) is 0.383. The number of ether oxygens (including phenoxy) is 1. The van der Waals surface area contributed by atoms with E-state index in [0.717, 1.165) is 12.1 Å². The molecule has 2 aliphatic carbocycles. The van der Waals surface area contributed by atoms with Gasteiger partial charge in [0, 0.05) is 25.7 Å². The van der Waals surface area contributed by atoms with Crippen molar-refractivity contribution in [1.82, 2.24) is 9.62 Å². The molecule has 1 unspecified atom stereocenters. The highest BCUT2D eigenvalue weighted by Crippen LogP contribution is 2.53. The van der Waals surface area contributed by atoms with E-state index in [0.29, 0.717) is 42.7 Å². The van der Waals surface area contributed by atoms with E-state index in [-0.39, 0.29) is 0 Å². The maximum Gasteiger partial charge on any atom is 0.243 e. The van der Waals surface area contributed by atoms with Crippen LogP contribution in [-0.4, -0.2) is 45.1 Å². The molecule has 25 heavy (non-hydrogen) atoms. The minimum Gasteiger partial charge on any atom is -0.379 e. The van der Waals surface area contributed by atoms with Gasteiger partial charge in [-0.15, -0.1) is 0 Å². The van der Waals surface area contributed by atoms with Crippen LogP contribution in [0.3, 0.4) is 0 Å². The van der Waals surface area contributed by atoms with Crippen LogP contribution in [-0.2, 0) is 21.3 Å². The Balaban J connectivity index is 1.37. The maximum atomic E-state index is 12.6. The molecular formula is C19H28N2O3S. The van der Waals surface area contributed by atoms with Crippen molar-refractivity contribution in [3.05, 3.63) is 29.8 Å². The molecule has 1 heterocycles. The Morgan fingerprint density at radius 2 is 1.76 bits per heavy atom. The van der Waals surface area contributed by atoms with Gasteiger partial charge in [0.25, 0.3) is 0 Å². The van der Waals surface area contributed by atoms with Gasteiger partial charge in [-0.2, -0.15) is 4.31 Å². The first-order chi connectivity index (χ1) is 12.1. The molecular weight excluding hydrogens is 336 g/mol. The fraction of sp³-hybridized carbons (Fsp3) is 0.684. The Morgan fingerprint density at radius 1 is 1.08 bits per heavy atom. The molecule has 1 spiro atoms. The van der Waals surface area contributed by atoms with Crippen molar-refractivity contribution in [2.75, 3.05) is 26.3 Å². The van der Waals surface area contributed by atoms with E-state index in [4.69, 9.17) is 4.74 Å². The predicted molar refractivity (Wildman–Crippen MR) is 96.8 cm³/mol. The molecule has 1 N–H and O–H groups in total. The zero-order valence-electron chi connectivity index (χ0n) is 14.7. The molecule has 3 aliphatic rings. The van der Waals surface area contributed by atoms with E-state index < -0.39 is 10.0 Å². The zero-order valence-corrected chi connectivity index (χ0v) is 15.6. The van der Waals surface area contributed by atoms with Crippen LogP contribution >= 0.6 is 0 Å². The summed E-state index contributed by atoms with van der Waals surface area (Å²) in [6.45, 7) is 2.66. The van der Waals surface area contributed by atoms with Crippen LogP contribution in [0, 0.1) is 5.41 Å². The Bertz CT molecular complexity index is 690. The quantitative estimate of drug-likeness (QED) is 0.872. The van der Waals surface area contributed by atoms with Gasteiger partial charge >= 0.3 is 0 Å². The SMILES string of the molecule is O=S(=O)(c1ccc(CNC2CCC23CCCC3)cc1)N1CCOCC1. The average molecular weight is 365 g/mol. The Morgan fingerprint density at radius 3 is 2.36 bits per heavy atom. The smallest absolute Gasteiger partial charge is 0.243 e. The van der Waals surface area contributed by atoms with Crippen LogP contribution in [0.1, 0.15) is 44.1 Å². The number of hydrogen-bond acceptors (Lipinski definition) is 4. The van der Waals surface area contributed by atoms with Crippen molar-refractivity contribution in [2.24, 2.45) is 5.41 Å². The van der Waals surface area contributed by atoms with Crippen molar-refractivity contribution in [3.8, 4) is 0 Å². The summed E-state index contributed by atoms with van der Waals surface area (Å²) in [5, 5.41) is 3.71. The maximum absolute atomic E-state index is 12.6. The normalized spacial score (nSPS) is 26.6. The highest BCUT2D eigenvalue weighted by Gasteiger charge is 2.47. The molecule has 3 fully saturated rings. The number of nitrogens with zero attached hydrogens (tertiary/aromatic N) is 1. The van der Waals surface area contributed by atoms with Gasteiger partial charge in [-0.1, -0.05) is 25.0 Å². The van der Waals surface area contributed by atoms with E-state index >= 15 is 0 Å². The highest BCUT2D eigenvalue weighted by atomic mass is 32.2. The van der Waals surface area contributed by atoms with Crippen molar-refractivity contribution < 1.29 is 13.2 Å². The Hall–Kier alpha value is -0.950. The Kier molecular flexibility index (Phi) is 4.88. The predicted octanol–water partition coefficient (Wildman–Crippen LogP) is 2.52. The van der Waals surface area contributed by atoms with Gasteiger partial charge in [0.2, 0.25) is 10.0 Å². The van der Waals surface area contributed by atoms with Gasteiger partial charge in [-0.25, -0.2) is 8.42 Å². The van der Waals surface area contributed by atoms with E-state index in [1.165, 1.54) is 42.8 Å². The summed E-state index contributed by atoms with van der Waals surface area (Å²) in [5.74, 6) is 0. The lowest BCUT2D eigenvalue weighted by Crippen LogP contribution is -2.51. The first kappa shape index (κ1) is 17.5. The molecule has 4 rings (SSSR count). The van der Waals surface area contributed by atoms with Gasteiger partial charge in [-0.05, 0) is 48.8 Å². The van der Waals surface area contributed by atoms with Crippen molar-refractivity contribution in [1.29, 1.82) is 0 Å². The summed E-state index contributed by atoms with van der Waals surface area (Å²) in [6, 6.07) is 8.02. The second kappa shape index (κ2) is 6.99. The summed E-state index contributed by atoms with van der Waals surface area (Å²) in [6.07, 6.45) is 8.17. The molecule has 1 aliphatic heterocycles. The minimum absolute atomic E-state index is 0.383. The van der Waals surface area contributed by atoms with Gasteiger partial charge in [0.15, 0.2) is 0 Å². The van der Waals surface area contributed by atoms with Gasteiger partial charge in [-0.3, -0.25) is 0 Å².